The van der Waals surface area contributed by atoms with E-state index >= 15 is 0 Å². The molecule has 0 saturated heterocycles. The summed E-state index contributed by atoms with van der Waals surface area (Å²) in [5.41, 5.74) is 3.29. The van der Waals surface area contributed by atoms with Crippen LogP contribution in [-0.2, 0) is 12.8 Å². The molecule has 0 atom stereocenters. The molecule has 4 aromatic rings. The third kappa shape index (κ3) is 4.27. The third-order valence-corrected chi connectivity index (χ3v) is 4.96. The van der Waals surface area contributed by atoms with Crippen LogP contribution >= 0.6 is 0 Å². The molecule has 0 amide bonds. The highest BCUT2D eigenvalue weighted by atomic mass is 16.5. The zero-order valence-corrected chi connectivity index (χ0v) is 16.9. The van der Waals surface area contributed by atoms with Gasteiger partial charge >= 0.3 is 0 Å². The average Bonchev–Trinajstić information content (AvgIpc) is 3.18. The fourth-order valence-electron chi connectivity index (χ4n) is 3.31. The summed E-state index contributed by atoms with van der Waals surface area (Å²) in [6.45, 7) is 0.613. The lowest BCUT2D eigenvalue weighted by atomic mass is 10.1. The van der Waals surface area contributed by atoms with Crippen molar-refractivity contribution in [3.05, 3.63) is 75.8 Å². The lowest BCUT2D eigenvalue weighted by molar-refractivity contribution is 0.414. The molecule has 2 aromatic carbocycles. The molecule has 0 bridgehead atoms. The van der Waals surface area contributed by atoms with Crippen molar-refractivity contribution in [2.24, 2.45) is 0 Å². The van der Waals surface area contributed by atoms with E-state index in [9.17, 15) is 4.79 Å². The summed E-state index contributed by atoms with van der Waals surface area (Å²) in [4.78, 5) is 18.4. The van der Waals surface area contributed by atoms with E-state index in [4.69, 9.17) is 9.47 Å². The van der Waals surface area contributed by atoms with Gasteiger partial charge < -0.3 is 19.8 Å². The Labute approximate surface area is 173 Å². The van der Waals surface area contributed by atoms with E-state index in [1.807, 2.05) is 48.7 Å². The summed E-state index contributed by atoms with van der Waals surface area (Å²) in [6, 6.07) is 13.5. The van der Waals surface area contributed by atoms with Crippen LogP contribution < -0.4 is 20.3 Å². The molecule has 30 heavy (non-hydrogen) atoms. The number of aromatic amines is 2. The minimum atomic E-state index is -0.248. The molecule has 0 aliphatic carbocycles. The molecule has 0 aliphatic heterocycles. The molecule has 154 valence electrons. The van der Waals surface area contributed by atoms with E-state index < -0.39 is 0 Å². The van der Waals surface area contributed by atoms with Gasteiger partial charge in [0.25, 0.3) is 5.56 Å². The molecule has 0 spiro atoms. The molecule has 4 rings (SSSR count). The van der Waals surface area contributed by atoms with E-state index in [-0.39, 0.29) is 5.56 Å². The minimum Gasteiger partial charge on any atom is -0.497 e. The first kappa shape index (κ1) is 19.5. The standard InChI is InChI=1S/C22H23N5O3/c1-29-16-5-3-14(4-6-16)11-20-21(28)25-22(27-26-20)23-10-9-15-13-24-19-12-17(30-2)7-8-18(15)19/h3-8,12-13,24H,9-11H2,1-2H3,(H2,23,25,27,28). The van der Waals surface area contributed by atoms with E-state index in [1.54, 1.807) is 14.2 Å². The number of nitrogens with zero attached hydrogens (tertiary/aromatic N) is 2. The van der Waals surface area contributed by atoms with E-state index in [2.05, 4.69) is 25.5 Å². The highest BCUT2D eigenvalue weighted by Crippen LogP contribution is 2.23. The number of hydrogen-bond donors (Lipinski definition) is 3. The summed E-state index contributed by atoms with van der Waals surface area (Å²) >= 11 is 0. The second kappa shape index (κ2) is 8.69. The van der Waals surface area contributed by atoms with Gasteiger partial charge in [-0.15, -0.1) is 10.2 Å². The van der Waals surface area contributed by atoms with Crippen molar-refractivity contribution in [3.8, 4) is 11.5 Å². The van der Waals surface area contributed by atoms with E-state index in [0.29, 0.717) is 24.6 Å². The molecule has 8 heteroatoms. The predicted molar refractivity (Wildman–Crippen MR) is 115 cm³/mol. The fourth-order valence-corrected chi connectivity index (χ4v) is 3.31. The van der Waals surface area contributed by atoms with Crippen LogP contribution in [0.3, 0.4) is 0 Å². The second-order valence-corrected chi connectivity index (χ2v) is 6.88. The van der Waals surface area contributed by atoms with Gasteiger partial charge in [-0.3, -0.25) is 9.78 Å². The molecule has 3 N–H and O–H groups in total. The Hall–Kier alpha value is -3.81. The van der Waals surface area contributed by atoms with Crippen molar-refractivity contribution in [2.75, 3.05) is 26.1 Å². The molecular formula is C22H23N5O3. The van der Waals surface area contributed by atoms with Crippen molar-refractivity contribution >= 4 is 16.9 Å². The summed E-state index contributed by atoms with van der Waals surface area (Å²) in [7, 11) is 3.27. The lowest BCUT2D eigenvalue weighted by Gasteiger charge is -2.06. The maximum Gasteiger partial charge on any atom is 0.274 e. The van der Waals surface area contributed by atoms with Crippen LogP contribution in [0.4, 0.5) is 5.95 Å². The van der Waals surface area contributed by atoms with Gasteiger partial charge in [-0.1, -0.05) is 12.1 Å². The van der Waals surface area contributed by atoms with Crippen molar-refractivity contribution < 1.29 is 9.47 Å². The van der Waals surface area contributed by atoms with Gasteiger partial charge in [-0.05, 0) is 41.8 Å². The molecule has 0 fully saturated rings. The molecule has 0 saturated carbocycles. The Morgan fingerprint density at radius 1 is 1.00 bits per heavy atom. The molecule has 8 nitrogen and oxygen atoms in total. The number of ether oxygens (including phenoxy) is 2. The van der Waals surface area contributed by atoms with Crippen molar-refractivity contribution in [2.45, 2.75) is 12.8 Å². The monoisotopic (exact) mass is 405 g/mol. The highest BCUT2D eigenvalue weighted by molar-refractivity contribution is 5.84. The average molecular weight is 405 g/mol. The third-order valence-electron chi connectivity index (χ3n) is 4.96. The minimum absolute atomic E-state index is 0.248. The number of methoxy groups -OCH3 is 2. The van der Waals surface area contributed by atoms with Crippen LogP contribution in [-0.4, -0.2) is 40.9 Å². The summed E-state index contributed by atoms with van der Waals surface area (Å²) in [6.07, 6.45) is 3.16. The van der Waals surface area contributed by atoms with Gasteiger partial charge in [0.05, 0.1) is 14.2 Å². The molecular weight excluding hydrogens is 382 g/mol. The Bertz CT molecular complexity index is 1200. The summed E-state index contributed by atoms with van der Waals surface area (Å²) in [5, 5.41) is 12.5. The Morgan fingerprint density at radius 3 is 2.50 bits per heavy atom. The van der Waals surface area contributed by atoms with Crippen LogP contribution in [0.5, 0.6) is 11.5 Å². The maximum absolute atomic E-state index is 12.4. The Kier molecular flexibility index (Phi) is 5.65. The summed E-state index contributed by atoms with van der Waals surface area (Å²) < 4.78 is 10.4. The zero-order chi connectivity index (χ0) is 20.9. The van der Waals surface area contributed by atoms with Crippen molar-refractivity contribution in [1.29, 1.82) is 0 Å². The molecule has 0 radical (unpaired) electrons. The zero-order valence-electron chi connectivity index (χ0n) is 16.9. The second-order valence-electron chi connectivity index (χ2n) is 6.88. The van der Waals surface area contributed by atoms with E-state index in [0.717, 1.165) is 34.4 Å². The number of aromatic nitrogens is 4. The molecule has 0 aliphatic rings. The van der Waals surface area contributed by atoms with Crippen molar-refractivity contribution in [1.82, 2.24) is 20.2 Å². The number of H-pyrrole nitrogens is 2. The Morgan fingerprint density at radius 2 is 1.77 bits per heavy atom. The number of benzene rings is 2. The van der Waals surface area contributed by atoms with Gasteiger partial charge in [0, 0.05) is 36.1 Å². The SMILES string of the molecule is COc1ccc(Cc2nnc(NCCc3c[nH]c4cc(OC)ccc34)[nH]c2=O)cc1. The largest absolute Gasteiger partial charge is 0.497 e. The summed E-state index contributed by atoms with van der Waals surface area (Å²) in [5.74, 6) is 1.95. The number of hydrogen-bond acceptors (Lipinski definition) is 6. The first-order valence-corrected chi connectivity index (χ1v) is 9.63. The number of rotatable bonds is 8. The first-order valence-electron chi connectivity index (χ1n) is 9.63. The lowest BCUT2D eigenvalue weighted by Crippen LogP contribution is -2.20. The van der Waals surface area contributed by atoms with Crippen LogP contribution in [0.1, 0.15) is 16.8 Å². The molecule has 0 unspecified atom stereocenters. The van der Waals surface area contributed by atoms with Gasteiger partial charge in [0.1, 0.15) is 17.2 Å². The first-order chi connectivity index (χ1) is 14.7. The van der Waals surface area contributed by atoms with Gasteiger partial charge in [0.15, 0.2) is 0 Å². The topological polar surface area (TPSA) is 105 Å². The normalized spacial score (nSPS) is 10.9. The van der Waals surface area contributed by atoms with Crippen LogP contribution in [0.25, 0.3) is 10.9 Å². The van der Waals surface area contributed by atoms with Crippen LogP contribution in [0, 0.1) is 0 Å². The fraction of sp³-hybridized carbons (Fsp3) is 0.227. The molecule has 2 aromatic heterocycles. The number of nitrogens with one attached hydrogen (secondary N) is 3. The quantitative estimate of drug-likeness (QED) is 0.416. The smallest absolute Gasteiger partial charge is 0.274 e. The number of fused-ring (bicyclic) bond motifs is 1. The van der Waals surface area contributed by atoms with Gasteiger partial charge in [0.2, 0.25) is 5.95 Å². The van der Waals surface area contributed by atoms with E-state index in [1.165, 1.54) is 5.56 Å². The van der Waals surface area contributed by atoms with Gasteiger partial charge in [-0.2, -0.15) is 0 Å². The maximum atomic E-state index is 12.4. The molecule has 2 heterocycles. The van der Waals surface area contributed by atoms with Crippen LogP contribution in [0.2, 0.25) is 0 Å². The predicted octanol–water partition coefficient (Wildman–Crippen LogP) is 2.91. The highest BCUT2D eigenvalue weighted by Gasteiger charge is 2.08. The van der Waals surface area contributed by atoms with Crippen LogP contribution in [0.15, 0.2) is 53.5 Å². The Balaban J connectivity index is 1.37. The number of anilines is 1. The van der Waals surface area contributed by atoms with Crippen molar-refractivity contribution in [3.63, 3.8) is 0 Å². The van der Waals surface area contributed by atoms with Gasteiger partial charge in [-0.25, -0.2) is 0 Å².